The average Bonchev–Trinajstić information content (AvgIpc) is 2.82. The highest BCUT2D eigenvalue weighted by Crippen LogP contribution is 2.35. The first-order valence-corrected chi connectivity index (χ1v) is 11.1. The van der Waals surface area contributed by atoms with Crippen LogP contribution in [0.2, 0.25) is 0 Å². The number of anilines is 2. The van der Waals surface area contributed by atoms with Gasteiger partial charge in [0.15, 0.2) is 5.82 Å². The van der Waals surface area contributed by atoms with Crippen molar-refractivity contribution in [2.24, 2.45) is 17.6 Å². The summed E-state index contributed by atoms with van der Waals surface area (Å²) in [4.78, 5) is 16.7. The Morgan fingerprint density at radius 1 is 1.05 bits per heavy atom. The summed E-state index contributed by atoms with van der Waals surface area (Å²) in [6, 6.07) is 2.89. The van der Waals surface area contributed by atoms with Crippen molar-refractivity contribution >= 4 is 11.9 Å². The molecule has 208 valence electrons. The molecule has 2 aromatic rings. The smallest absolute Gasteiger partial charge is 0.405 e. The minimum Gasteiger partial charge on any atom is -0.405 e. The highest BCUT2D eigenvalue weighted by molar-refractivity contribution is 5.56. The highest BCUT2D eigenvalue weighted by atomic mass is 19.4. The van der Waals surface area contributed by atoms with Gasteiger partial charge in [0.05, 0.1) is 11.8 Å². The summed E-state index contributed by atoms with van der Waals surface area (Å²) in [5, 5.41) is 2.49. The number of nitrogens with one attached hydrogen (secondary N) is 1. The van der Waals surface area contributed by atoms with Crippen LogP contribution in [0.1, 0.15) is 25.5 Å². The summed E-state index contributed by atoms with van der Waals surface area (Å²) in [7, 11) is 0. The zero-order chi connectivity index (χ0) is 28.3. The van der Waals surface area contributed by atoms with Crippen LogP contribution in [0.15, 0.2) is 42.2 Å². The maximum Gasteiger partial charge on any atom is 0.433 e. The van der Waals surface area contributed by atoms with E-state index in [4.69, 9.17) is 5.73 Å². The number of halogens is 9. The lowest BCUT2D eigenvalue weighted by Crippen LogP contribution is -2.42. The minimum atomic E-state index is -4.81. The summed E-state index contributed by atoms with van der Waals surface area (Å²) in [5.41, 5.74) is 3.46. The van der Waals surface area contributed by atoms with E-state index in [1.807, 2.05) is 0 Å². The molecule has 1 fully saturated rings. The van der Waals surface area contributed by atoms with Gasteiger partial charge < -0.3 is 16.0 Å². The Kier molecular flexibility index (Phi) is 8.41. The summed E-state index contributed by atoms with van der Waals surface area (Å²) >= 11 is 0. The molecule has 2 unspecified atom stereocenters. The molecule has 16 heteroatoms. The van der Waals surface area contributed by atoms with Crippen LogP contribution in [-0.2, 0) is 6.18 Å². The molecule has 3 rings (SSSR count). The van der Waals surface area contributed by atoms with Crippen LogP contribution in [0.3, 0.4) is 0 Å². The average molecular weight is 555 g/mol. The van der Waals surface area contributed by atoms with Crippen molar-refractivity contribution in [1.29, 1.82) is 0 Å². The van der Waals surface area contributed by atoms with Crippen LogP contribution >= 0.6 is 0 Å². The van der Waals surface area contributed by atoms with E-state index in [9.17, 15) is 39.5 Å². The first-order chi connectivity index (χ1) is 17.6. The number of hydrogen-bond acceptors (Lipinski definition) is 7. The second-order valence-electron chi connectivity index (χ2n) is 8.45. The Labute approximate surface area is 210 Å². The molecule has 2 atom stereocenters. The molecule has 0 spiro atoms. The van der Waals surface area contributed by atoms with Crippen molar-refractivity contribution in [1.82, 2.24) is 19.9 Å². The van der Waals surface area contributed by atoms with Crippen molar-refractivity contribution in [3.05, 3.63) is 47.9 Å². The fourth-order valence-corrected chi connectivity index (χ4v) is 3.56. The van der Waals surface area contributed by atoms with E-state index in [1.165, 1.54) is 4.90 Å². The molecule has 0 aliphatic carbocycles. The zero-order valence-corrected chi connectivity index (χ0v) is 19.7. The molecule has 3 heterocycles. The molecule has 1 aliphatic rings. The third-order valence-electron chi connectivity index (χ3n) is 5.54. The standard InChI is InChI=1S/C22H22F9N7/c1-12(20(23,24)25)10-14(7-8-32)33-18-35-17(15-5-2-6-16(34-15)22(29,30)31)36-19(37-18)38-9-3-4-13(11-38)21(26,27)28/h2,5-8,10,12-13H,3-4,9,11,32H2,1H3,(H,33,35,36,37)/b8-7-,14-10+. The molecule has 1 aliphatic heterocycles. The predicted octanol–water partition coefficient (Wildman–Crippen LogP) is 5.70. The summed E-state index contributed by atoms with van der Waals surface area (Å²) in [6.07, 6.45) is -11.2. The maximum absolute atomic E-state index is 13.4. The van der Waals surface area contributed by atoms with Gasteiger partial charge in [0.2, 0.25) is 11.9 Å². The van der Waals surface area contributed by atoms with Gasteiger partial charge >= 0.3 is 18.5 Å². The molecule has 0 amide bonds. The molecule has 0 radical (unpaired) electrons. The molecule has 0 aromatic carbocycles. The van der Waals surface area contributed by atoms with Crippen LogP contribution in [0.25, 0.3) is 11.5 Å². The SMILES string of the molecule is CC(/C=C(\C=C/N)Nc1nc(-c2cccc(C(F)(F)F)n2)nc(N2CCCC(C(F)(F)F)C2)n1)C(F)(F)F. The molecular weight excluding hydrogens is 533 g/mol. The van der Waals surface area contributed by atoms with E-state index >= 15 is 0 Å². The number of nitrogens with two attached hydrogens (primary N) is 1. The number of aromatic nitrogens is 4. The summed E-state index contributed by atoms with van der Waals surface area (Å²) in [5.74, 6) is -4.83. The molecule has 0 bridgehead atoms. The number of hydrogen-bond donors (Lipinski definition) is 2. The Morgan fingerprint density at radius 2 is 1.76 bits per heavy atom. The monoisotopic (exact) mass is 555 g/mol. The highest BCUT2D eigenvalue weighted by Gasteiger charge is 2.42. The molecule has 3 N–H and O–H groups in total. The largest absolute Gasteiger partial charge is 0.433 e. The normalized spacial score (nSPS) is 18.6. The van der Waals surface area contributed by atoms with E-state index < -0.39 is 54.4 Å². The Morgan fingerprint density at radius 3 is 2.37 bits per heavy atom. The van der Waals surface area contributed by atoms with Crippen molar-refractivity contribution in [3.63, 3.8) is 0 Å². The number of allylic oxidation sites excluding steroid dienone is 2. The number of pyridine rings is 1. The van der Waals surface area contributed by atoms with Gasteiger partial charge in [-0.3, -0.25) is 0 Å². The van der Waals surface area contributed by atoms with Gasteiger partial charge in [0.1, 0.15) is 11.4 Å². The van der Waals surface area contributed by atoms with Gasteiger partial charge in [-0.15, -0.1) is 0 Å². The third-order valence-corrected chi connectivity index (χ3v) is 5.54. The number of alkyl halides is 9. The lowest BCUT2D eigenvalue weighted by Gasteiger charge is -2.33. The van der Waals surface area contributed by atoms with Crippen LogP contribution in [0, 0.1) is 11.8 Å². The summed E-state index contributed by atoms with van der Waals surface area (Å²) < 4.78 is 119. The van der Waals surface area contributed by atoms with Crippen LogP contribution < -0.4 is 16.0 Å². The minimum absolute atomic E-state index is 0.0992. The first-order valence-electron chi connectivity index (χ1n) is 11.1. The summed E-state index contributed by atoms with van der Waals surface area (Å²) in [6.45, 7) is 0.439. The van der Waals surface area contributed by atoms with E-state index in [0.717, 1.165) is 37.4 Å². The second-order valence-corrected chi connectivity index (χ2v) is 8.45. The van der Waals surface area contributed by atoms with E-state index in [1.54, 1.807) is 0 Å². The molecule has 0 saturated carbocycles. The number of piperidine rings is 1. The predicted molar refractivity (Wildman–Crippen MR) is 119 cm³/mol. The maximum atomic E-state index is 13.4. The molecule has 7 nitrogen and oxygen atoms in total. The Bertz CT molecular complexity index is 1170. The number of nitrogens with zero attached hydrogens (tertiary/aromatic N) is 5. The van der Waals surface area contributed by atoms with Gasteiger partial charge in [-0.05, 0) is 43.3 Å². The molecular formula is C22H22F9N7. The van der Waals surface area contributed by atoms with Gasteiger partial charge in [-0.1, -0.05) is 13.0 Å². The molecule has 1 saturated heterocycles. The molecule has 2 aromatic heterocycles. The quantitative estimate of drug-likeness (QED) is 0.349. The Hall–Kier alpha value is -3.59. The van der Waals surface area contributed by atoms with Gasteiger partial charge in [-0.2, -0.15) is 54.5 Å². The lowest BCUT2D eigenvalue weighted by atomic mass is 9.98. The van der Waals surface area contributed by atoms with Crippen molar-refractivity contribution in [2.75, 3.05) is 23.3 Å². The fraction of sp³-hybridized carbons (Fsp3) is 0.455. The zero-order valence-electron chi connectivity index (χ0n) is 19.7. The van der Waals surface area contributed by atoms with E-state index in [0.29, 0.717) is 6.07 Å². The van der Waals surface area contributed by atoms with E-state index in [2.05, 4.69) is 25.3 Å². The van der Waals surface area contributed by atoms with Crippen molar-refractivity contribution < 1.29 is 39.5 Å². The fourth-order valence-electron chi connectivity index (χ4n) is 3.56. The topological polar surface area (TPSA) is 92.8 Å². The Balaban J connectivity index is 2.09. The van der Waals surface area contributed by atoms with Crippen molar-refractivity contribution in [2.45, 2.75) is 38.3 Å². The molecule has 38 heavy (non-hydrogen) atoms. The first kappa shape index (κ1) is 29.0. The van der Waals surface area contributed by atoms with Gasteiger partial charge in [0, 0.05) is 18.8 Å². The van der Waals surface area contributed by atoms with Crippen LogP contribution in [0.4, 0.5) is 51.4 Å². The van der Waals surface area contributed by atoms with Crippen molar-refractivity contribution in [3.8, 4) is 11.5 Å². The van der Waals surface area contributed by atoms with Crippen LogP contribution in [0.5, 0.6) is 0 Å². The third kappa shape index (κ3) is 7.47. The van der Waals surface area contributed by atoms with Gasteiger partial charge in [0.25, 0.3) is 0 Å². The lowest BCUT2D eigenvalue weighted by molar-refractivity contribution is -0.176. The van der Waals surface area contributed by atoms with E-state index in [-0.39, 0.29) is 36.7 Å². The second kappa shape index (κ2) is 11.0. The van der Waals surface area contributed by atoms with Gasteiger partial charge in [-0.25, -0.2) is 4.98 Å². The van der Waals surface area contributed by atoms with Crippen LogP contribution in [-0.4, -0.2) is 45.4 Å². The number of rotatable bonds is 6.